The van der Waals surface area contributed by atoms with Gasteiger partial charge < -0.3 is 4.90 Å². The number of anilines is 3. The van der Waals surface area contributed by atoms with Gasteiger partial charge in [-0.05, 0) is 124 Å². The third-order valence-electron chi connectivity index (χ3n) is 11.3. The number of hydrogen-bond acceptors (Lipinski definition) is 2. The molecular formula is C50H29NS. The molecule has 0 amide bonds. The Bertz CT molecular complexity index is 3420. The molecule has 12 aromatic rings. The predicted octanol–water partition coefficient (Wildman–Crippen LogP) is 15.0. The largest absolute Gasteiger partial charge is 0.310 e. The Balaban J connectivity index is 1.26. The lowest BCUT2D eigenvalue weighted by Crippen LogP contribution is -2.10. The van der Waals surface area contributed by atoms with Gasteiger partial charge in [-0.3, -0.25) is 0 Å². The highest BCUT2D eigenvalue weighted by molar-refractivity contribution is 7.25. The van der Waals surface area contributed by atoms with Gasteiger partial charge in [0.2, 0.25) is 0 Å². The van der Waals surface area contributed by atoms with E-state index in [0.29, 0.717) is 0 Å². The van der Waals surface area contributed by atoms with E-state index in [0.717, 1.165) is 17.1 Å². The maximum absolute atomic E-state index is 2.47. The van der Waals surface area contributed by atoms with Gasteiger partial charge in [0.25, 0.3) is 0 Å². The molecule has 0 bridgehead atoms. The third kappa shape index (κ3) is 3.93. The topological polar surface area (TPSA) is 3.24 Å². The standard InChI is InChI=1S/C50H29NS/c1-2-9-34-26-36(23-22-30(34)8-1)51(37-24-25-46-43(28-37)39-13-3-4-17-45(39)52-46)38-27-35-21-20-33-11-6-15-41-40-14-5-10-31-18-19-32-12-7-16-42(49(32)47(31)40)44(29-38)50(35)48(33)41/h1-29H. The number of benzene rings is 10. The number of rotatable bonds is 3. The van der Waals surface area contributed by atoms with Gasteiger partial charge in [0.15, 0.2) is 0 Å². The summed E-state index contributed by atoms with van der Waals surface area (Å²) in [6.45, 7) is 0. The summed E-state index contributed by atoms with van der Waals surface area (Å²) in [5.74, 6) is 0. The first-order chi connectivity index (χ1) is 25.8. The highest BCUT2D eigenvalue weighted by atomic mass is 32.1. The molecule has 240 valence electrons. The van der Waals surface area contributed by atoms with Crippen LogP contribution in [0.1, 0.15) is 0 Å². The molecule has 11 aromatic carbocycles. The van der Waals surface area contributed by atoms with Crippen molar-refractivity contribution in [2.24, 2.45) is 0 Å². The lowest BCUT2D eigenvalue weighted by molar-refractivity contribution is 1.31. The van der Waals surface area contributed by atoms with Crippen molar-refractivity contribution in [2.75, 3.05) is 4.90 Å². The van der Waals surface area contributed by atoms with Gasteiger partial charge >= 0.3 is 0 Å². The van der Waals surface area contributed by atoms with Gasteiger partial charge in [0.05, 0.1) is 0 Å². The highest BCUT2D eigenvalue weighted by Crippen LogP contribution is 2.47. The average molecular weight is 676 g/mol. The van der Waals surface area contributed by atoms with E-state index in [2.05, 4.69) is 181 Å². The first kappa shape index (κ1) is 28.2. The van der Waals surface area contributed by atoms with Crippen molar-refractivity contribution in [2.45, 2.75) is 0 Å². The Kier molecular flexibility index (Phi) is 5.71. The van der Waals surface area contributed by atoms with Crippen LogP contribution in [0.25, 0.3) is 95.6 Å². The van der Waals surface area contributed by atoms with Crippen molar-refractivity contribution >= 4 is 124 Å². The predicted molar refractivity (Wildman–Crippen MR) is 228 cm³/mol. The fourth-order valence-electron chi connectivity index (χ4n) is 9.01. The molecule has 0 saturated heterocycles. The van der Waals surface area contributed by atoms with Crippen molar-refractivity contribution in [3.05, 3.63) is 176 Å². The van der Waals surface area contributed by atoms with Crippen molar-refractivity contribution in [3.63, 3.8) is 0 Å². The van der Waals surface area contributed by atoms with Gasteiger partial charge in [0, 0.05) is 37.2 Å². The molecule has 52 heavy (non-hydrogen) atoms. The Morgan fingerprint density at radius 1 is 0.269 bits per heavy atom. The zero-order valence-electron chi connectivity index (χ0n) is 28.1. The molecule has 0 fully saturated rings. The maximum atomic E-state index is 2.47. The SMILES string of the molecule is c1ccc2cc(N(c3ccc4sc5ccccc5c4c3)c3cc4ccc5cccc6c7cccc8ccc9cccc(c(c3)c4c56)c9c87)ccc2c1. The van der Waals surface area contributed by atoms with Crippen LogP contribution in [-0.2, 0) is 0 Å². The van der Waals surface area contributed by atoms with E-state index in [1.165, 1.54) is 95.6 Å². The van der Waals surface area contributed by atoms with E-state index in [1.807, 2.05) is 11.3 Å². The van der Waals surface area contributed by atoms with Crippen molar-refractivity contribution in [1.82, 2.24) is 0 Å². The Morgan fingerprint density at radius 2 is 0.731 bits per heavy atom. The molecule has 0 N–H and O–H groups in total. The summed E-state index contributed by atoms with van der Waals surface area (Å²) in [6, 6.07) is 65.9. The molecule has 0 atom stereocenters. The quantitative estimate of drug-likeness (QED) is 0.169. The molecule has 1 aromatic heterocycles. The minimum absolute atomic E-state index is 1.14. The van der Waals surface area contributed by atoms with Gasteiger partial charge in [0.1, 0.15) is 0 Å². The van der Waals surface area contributed by atoms with Crippen LogP contribution in [-0.4, -0.2) is 0 Å². The van der Waals surface area contributed by atoms with Crippen LogP contribution in [0.5, 0.6) is 0 Å². The van der Waals surface area contributed by atoms with Crippen LogP contribution >= 0.6 is 11.3 Å². The second-order valence-corrected chi connectivity index (χ2v) is 15.2. The molecule has 0 saturated carbocycles. The van der Waals surface area contributed by atoms with Crippen LogP contribution in [0.15, 0.2) is 176 Å². The van der Waals surface area contributed by atoms with E-state index in [-0.39, 0.29) is 0 Å². The first-order valence-corrected chi connectivity index (χ1v) is 18.7. The van der Waals surface area contributed by atoms with Crippen LogP contribution in [0, 0.1) is 0 Å². The summed E-state index contributed by atoms with van der Waals surface area (Å²) in [5, 5.41) is 20.6. The fourth-order valence-corrected chi connectivity index (χ4v) is 10.1. The smallest absolute Gasteiger partial charge is 0.0474 e. The van der Waals surface area contributed by atoms with Crippen LogP contribution in [0.2, 0.25) is 0 Å². The molecular weight excluding hydrogens is 647 g/mol. The average Bonchev–Trinajstić information content (AvgIpc) is 3.57. The number of nitrogens with zero attached hydrogens (tertiary/aromatic N) is 1. The zero-order valence-corrected chi connectivity index (χ0v) is 28.9. The number of hydrogen-bond donors (Lipinski definition) is 0. The molecule has 2 heteroatoms. The normalized spacial score (nSPS) is 12.2. The monoisotopic (exact) mass is 675 g/mol. The van der Waals surface area contributed by atoms with Gasteiger partial charge in [-0.15, -0.1) is 11.3 Å². The van der Waals surface area contributed by atoms with Crippen LogP contribution in [0.3, 0.4) is 0 Å². The molecule has 1 nitrogen and oxygen atoms in total. The van der Waals surface area contributed by atoms with Gasteiger partial charge in [-0.2, -0.15) is 0 Å². The number of fused-ring (bicyclic) bond motifs is 6. The zero-order chi connectivity index (χ0) is 33.9. The van der Waals surface area contributed by atoms with E-state index in [1.54, 1.807) is 0 Å². The Labute approximate surface area is 303 Å². The lowest BCUT2D eigenvalue weighted by Gasteiger charge is -2.27. The van der Waals surface area contributed by atoms with E-state index < -0.39 is 0 Å². The Hall–Kier alpha value is -6.48. The van der Waals surface area contributed by atoms with Gasteiger partial charge in [-0.1, -0.05) is 127 Å². The second kappa shape index (κ2) is 10.5. The summed E-state index contributed by atoms with van der Waals surface area (Å²) < 4.78 is 2.63. The molecule has 0 aliphatic heterocycles. The molecule has 0 spiro atoms. The summed E-state index contributed by atoms with van der Waals surface area (Å²) in [6.07, 6.45) is 0. The van der Waals surface area contributed by atoms with Crippen molar-refractivity contribution in [1.29, 1.82) is 0 Å². The summed E-state index contributed by atoms with van der Waals surface area (Å²) in [5.41, 5.74) is 3.43. The minimum Gasteiger partial charge on any atom is -0.310 e. The molecule has 0 aliphatic carbocycles. The van der Waals surface area contributed by atoms with E-state index >= 15 is 0 Å². The molecule has 1 heterocycles. The van der Waals surface area contributed by atoms with Crippen LogP contribution in [0.4, 0.5) is 17.1 Å². The third-order valence-corrected chi connectivity index (χ3v) is 12.4. The molecule has 12 rings (SSSR count). The maximum Gasteiger partial charge on any atom is 0.0474 e. The van der Waals surface area contributed by atoms with Crippen molar-refractivity contribution in [3.8, 4) is 0 Å². The molecule has 0 radical (unpaired) electrons. The first-order valence-electron chi connectivity index (χ1n) is 17.9. The Morgan fingerprint density at radius 3 is 1.46 bits per heavy atom. The second-order valence-electron chi connectivity index (χ2n) is 14.1. The molecule has 0 aliphatic rings. The highest BCUT2D eigenvalue weighted by Gasteiger charge is 2.20. The van der Waals surface area contributed by atoms with Crippen molar-refractivity contribution < 1.29 is 0 Å². The fraction of sp³-hybridized carbons (Fsp3) is 0. The number of thiophene rings is 1. The van der Waals surface area contributed by atoms with E-state index in [9.17, 15) is 0 Å². The summed E-state index contributed by atoms with van der Waals surface area (Å²) in [7, 11) is 0. The van der Waals surface area contributed by atoms with E-state index in [4.69, 9.17) is 0 Å². The summed E-state index contributed by atoms with van der Waals surface area (Å²) >= 11 is 1.87. The minimum atomic E-state index is 1.14. The lowest BCUT2D eigenvalue weighted by atomic mass is 9.87. The van der Waals surface area contributed by atoms with Crippen LogP contribution < -0.4 is 4.90 Å². The molecule has 0 unspecified atom stereocenters. The summed E-state index contributed by atoms with van der Waals surface area (Å²) in [4.78, 5) is 2.47. The van der Waals surface area contributed by atoms with Gasteiger partial charge in [-0.25, -0.2) is 0 Å².